The van der Waals surface area contributed by atoms with Crippen molar-refractivity contribution in [3.05, 3.63) is 0 Å². The molecule has 1 unspecified atom stereocenters. The van der Waals surface area contributed by atoms with Crippen molar-refractivity contribution in [1.82, 2.24) is 5.32 Å². The molecule has 0 aliphatic heterocycles. The van der Waals surface area contributed by atoms with Crippen molar-refractivity contribution in [3.8, 4) is 0 Å². The van der Waals surface area contributed by atoms with E-state index in [4.69, 9.17) is 5.73 Å². The number of hydrogen-bond acceptors (Lipinski definition) is 2. The third-order valence-corrected chi connectivity index (χ3v) is 5.16. The molecule has 0 radical (unpaired) electrons. The summed E-state index contributed by atoms with van der Waals surface area (Å²) < 4.78 is 0. The summed E-state index contributed by atoms with van der Waals surface area (Å²) in [5.74, 6) is 1.72. The van der Waals surface area contributed by atoms with Crippen molar-refractivity contribution in [2.24, 2.45) is 23.0 Å². The Labute approximate surface area is 119 Å². The molecule has 0 heterocycles. The maximum atomic E-state index is 5.94. The van der Waals surface area contributed by atoms with Gasteiger partial charge in [-0.05, 0) is 69.2 Å². The molecule has 2 saturated carbocycles. The molecule has 0 amide bonds. The summed E-state index contributed by atoms with van der Waals surface area (Å²) in [6.07, 6.45) is 8.32. The predicted molar refractivity (Wildman–Crippen MR) is 81.2 cm³/mol. The minimum absolute atomic E-state index is 0. The Hall–Kier alpha value is 0.210. The van der Waals surface area contributed by atoms with Gasteiger partial charge in [-0.1, -0.05) is 13.8 Å². The largest absolute Gasteiger partial charge is 0.329 e. The van der Waals surface area contributed by atoms with Gasteiger partial charge in [-0.25, -0.2) is 0 Å². The van der Waals surface area contributed by atoms with Crippen molar-refractivity contribution in [2.75, 3.05) is 13.1 Å². The quantitative estimate of drug-likeness (QED) is 0.807. The van der Waals surface area contributed by atoms with Crippen LogP contribution in [0.5, 0.6) is 0 Å². The molecular formula is C15H31ClN2. The van der Waals surface area contributed by atoms with E-state index in [1.807, 2.05) is 0 Å². The Balaban J connectivity index is 0.00000162. The van der Waals surface area contributed by atoms with Crippen LogP contribution < -0.4 is 11.1 Å². The SMILES string of the molecule is CC1(C)CCC(CNC(C)(CN)C2CC2)CC1.Cl. The lowest BCUT2D eigenvalue weighted by Crippen LogP contribution is -2.52. The molecule has 2 nitrogen and oxygen atoms in total. The Morgan fingerprint density at radius 3 is 2.17 bits per heavy atom. The molecule has 108 valence electrons. The maximum Gasteiger partial charge on any atom is 0.0304 e. The molecule has 0 aromatic carbocycles. The monoisotopic (exact) mass is 274 g/mol. The highest BCUT2D eigenvalue weighted by molar-refractivity contribution is 5.85. The van der Waals surface area contributed by atoms with E-state index in [9.17, 15) is 0 Å². The minimum Gasteiger partial charge on any atom is -0.329 e. The van der Waals surface area contributed by atoms with Gasteiger partial charge in [-0.15, -0.1) is 12.4 Å². The van der Waals surface area contributed by atoms with Gasteiger partial charge in [0, 0.05) is 12.1 Å². The molecule has 2 fully saturated rings. The molecule has 2 rings (SSSR count). The van der Waals surface area contributed by atoms with Gasteiger partial charge in [0.2, 0.25) is 0 Å². The zero-order valence-corrected chi connectivity index (χ0v) is 13.1. The first kappa shape index (κ1) is 16.3. The van der Waals surface area contributed by atoms with E-state index in [0.717, 1.165) is 18.4 Å². The number of hydrogen-bond donors (Lipinski definition) is 2. The summed E-state index contributed by atoms with van der Waals surface area (Å²) in [6, 6.07) is 0. The van der Waals surface area contributed by atoms with Gasteiger partial charge < -0.3 is 11.1 Å². The maximum absolute atomic E-state index is 5.94. The third kappa shape index (κ3) is 4.11. The predicted octanol–water partition coefficient (Wildman–Crippen LogP) is 3.34. The normalized spacial score (nSPS) is 27.3. The fourth-order valence-electron chi connectivity index (χ4n) is 3.14. The Bertz CT molecular complexity index is 253. The van der Waals surface area contributed by atoms with Gasteiger partial charge in [0.1, 0.15) is 0 Å². The number of rotatable bonds is 5. The van der Waals surface area contributed by atoms with Crippen LogP contribution in [0, 0.1) is 17.3 Å². The van der Waals surface area contributed by atoms with Gasteiger partial charge in [-0.2, -0.15) is 0 Å². The van der Waals surface area contributed by atoms with Crippen molar-refractivity contribution in [2.45, 2.75) is 64.8 Å². The summed E-state index contributed by atoms with van der Waals surface area (Å²) in [5, 5.41) is 3.78. The molecule has 2 aliphatic carbocycles. The lowest BCUT2D eigenvalue weighted by molar-refractivity contribution is 0.176. The average molecular weight is 275 g/mol. The molecule has 0 spiro atoms. The molecule has 1 atom stereocenters. The van der Waals surface area contributed by atoms with Crippen LogP contribution in [0.25, 0.3) is 0 Å². The summed E-state index contributed by atoms with van der Waals surface area (Å²) >= 11 is 0. The fraction of sp³-hybridized carbons (Fsp3) is 1.00. The lowest BCUT2D eigenvalue weighted by atomic mass is 9.73. The third-order valence-electron chi connectivity index (χ3n) is 5.16. The van der Waals surface area contributed by atoms with E-state index in [-0.39, 0.29) is 17.9 Å². The van der Waals surface area contributed by atoms with Crippen LogP contribution in [-0.4, -0.2) is 18.6 Å². The first-order chi connectivity index (χ1) is 7.95. The van der Waals surface area contributed by atoms with E-state index in [1.165, 1.54) is 45.1 Å². The van der Waals surface area contributed by atoms with Crippen LogP contribution in [-0.2, 0) is 0 Å². The van der Waals surface area contributed by atoms with Gasteiger partial charge in [0.25, 0.3) is 0 Å². The summed E-state index contributed by atoms with van der Waals surface area (Å²) in [4.78, 5) is 0. The van der Waals surface area contributed by atoms with E-state index in [0.29, 0.717) is 5.41 Å². The van der Waals surface area contributed by atoms with Crippen LogP contribution in [0.1, 0.15) is 59.3 Å². The molecular weight excluding hydrogens is 244 g/mol. The highest BCUT2D eigenvalue weighted by Crippen LogP contribution is 2.40. The number of halogens is 1. The Morgan fingerprint density at radius 1 is 1.17 bits per heavy atom. The standard InChI is InChI=1S/C15H30N2.ClH/c1-14(2)8-6-12(7-9-14)10-17-15(3,11-16)13-4-5-13;/h12-13,17H,4-11,16H2,1-3H3;1H. The van der Waals surface area contributed by atoms with Crippen LogP contribution in [0.15, 0.2) is 0 Å². The molecule has 0 bridgehead atoms. The lowest BCUT2D eigenvalue weighted by Gasteiger charge is -2.37. The number of nitrogens with two attached hydrogens (primary N) is 1. The van der Waals surface area contributed by atoms with Gasteiger partial charge in [0.15, 0.2) is 0 Å². The average Bonchev–Trinajstić information content (AvgIpc) is 3.11. The fourth-order valence-corrected chi connectivity index (χ4v) is 3.14. The summed E-state index contributed by atoms with van der Waals surface area (Å²) in [5.41, 5.74) is 6.75. The first-order valence-corrected chi connectivity index (χ1v) is 7.40. The Kier molecular flexibility index (Phi) is 5.52. The van der Waals surface area contributed by atoms with Gasteiger partial charge in [-0.3, -0.25) is 0 Å². The van der Waals surface area contributed by atoms with Gasteiger partial charge in [0.05, 0.1) is 0 Å². The van der Waals surface area contributed by atoms with E-state index >= 15 is 0 Å². The molecule has 3 N–H and O–H groups in total. The van der Waals surface area contributed by atoms with E-state index < -0.39 is 0 Å². The second kappa shape index (κ2) is 6.11. The van der Waals surface area contributed by atoms with Crippen LogP contribution in [0.3, 0.4) is 0 Å². The smallest absolute Gasteiger partial charge is 0.0304 e. The van der Waals surface area contributed by atoms with Crippen LogP contribution >= 0.6 is 12.4 Å². The van der Waals surface area contributed by atoms with Crippen molar-refractivity contribution in [1.29, 1.82) is 0 Å². The summed E-state index contributed by atoms with van der Waals surface area (Å²) in [6.45, 7) is 9.10. The molecule has 0 aromatic heterocycles. The molecule has 2 aliphatic rings. The Morgan fingerprint density at radius 2 is 1.72 bits per heavy atom. The zero-order valence-electron chi connectivity index (χ0n) is 12.3. The van der Waals surface area contributed by atoms with Crippen LogP contribution in [0.2, 0.25) is 0 Å². The van der Waals surface area contributed by atoms with Crippen molar-refractivity contribution < 1.29 is 0 Å². The highest BCUT2D eigenvalue weighted by Gasteiger charge is 2.40. The van der Waals surface area contributed by atoms with Crippen molar-refractivity contribution in [3.63, 3.8) is 0 Å². The second-order valence-electron chi connectivity index (χ2n) is 7.38. The van der Waals surface area contributed by atoms with E-state index in [1.54, 1.807) is 0 Å². The minimum atomic E-state index is 0. The van der Waals surface area contributed by atoms with Crippen molar-refractivity contribution >= 4 is 12.4 Å². The van der Waals surface area contributed by atoms with Crippen LogP contribution in [0.4, 0.5) is 0 Å². The molecule has 0 saturated heterocycles. The molecule has 3 heteroatoms. The second-order valence-corrected chi connectivity index (χ2v) is 7.38. The van der Waals surface area contributed by atoms with Gasteiger partial charge >= 0.3 is 0 Å². The van der Waals surface area contributed by atoms with E-state index in [2.05, 4.69) is 26.1 Å². The zero-order chi connectivity index (χ0) is 12.5. The highest BCUT2D eigenvalue weighted by atomic mass is 35.5. The topological polar surface area (TPSA) is 38.0 Å². The summed E-state index contributed by atoms with van der Waals surface area (Å²) in [7, 11) is 0. The molecule has 18 heavy (non-hydrogen) atoms. The first-order valence-electron chi connectivity index (χ1n) is 7.40. The molecule has 0 aromatic rings. The number of nitrogens with one attached hydrogen (secondary N) is 1.